The Hall–Kier alpha value is -5.11. The first-order valence-corrected chi connectivity index (χ1v) is 26.5. The van der Waals surface area contributed by atoms with Gasteiger partial charge >= 0.3 is 5.97 Å². The van der Waals surface area contributed by atoms with Crippen LogP contribution in [0.2, 0.25) is 0 Å². The molecular formula is C59H82N2O6. The summed E-state index contributed by atoms with van der Waals surface area (Å²) in [6, 6.07) is 25.1. The summed E-state index contributed by atoms with van der Waals surface area (Å²) in [4.78, 5) is 22.1. The van der Waals surface area contributed by atoms with Gasteiger partial charge in [0.15, 0.2) is 5.58 Å². The van der Waals surface area contributed by atoms with Crippen molar-refractivity contribution in [3.05, 3.63) is 96.1 Å². The number of fused-ring (bicyclic) bond motifs is 1. The molecule has 364 valence electrons. The van der Waals surface area contributed by atoms with Crippen LogP contribution in [0.4, 0.5) is 5.69 Å². The van der Waals surface area contributed by atoms with Gasteiger partial charge in [0.05, 0.1) is 24.5 Å². The van der Waals surface area contributed by atoms with Gasteiger partial charge in [0.2, 0.25) is 5.89 Å². The van der Waals surface area contributed by atoms with Crippen LogP contribution in [0.15, 0.2) is 94.3 Å². The second kappa shape index (κ2) is 32.6. The van der Waals surface area contributed by atoms with E-state index in [0.29, 0.717) is 41.5 Å². The molecule has 0 radical (unpaired) electrons. The van der Waals surface area contributed by atoms with Gasteiger partial charge in [0, 0.05) is 29.5 Å². The average Bonchev–Trinajstić information content (AvgIpc) is 3.78. The molecule has 5 rings (SSSR count). The number of carbonyl (C=O) groups is 1. The summed E-state index contributed by atoms with van der Waals surface area (Å²) < 4.78 is 23.7. The first-order chi connectivity index (χ1) is 33.0. The van der Waals surface area contributed by atoms with Crippen molar-refractivity contribution < 1.29 is 28.5 Å². The van der Waals surface area contributed by atoms with Gasteiger partial charge in [-0.3, -0.25) is 4.99 Å². The standard InChI is InChI=1S/C59H82N2O6/c1-3-5-7-9-11-13-15-17-18-19-20-22-23-25-27-29-43-64-52-38-33-49(34-39-52)59(63)66-54-40-35-50(56(62)45-54)47-60-51-36-31-48(32-37-51)58-61-55-42-41-53(46-57(55)67-58)65-44-30-28-26-24-21-16-14-12-10-8-6-4-2/h31-42,45-47,62H,3-30,43-44H2,1-2H3. The SMILES string of the molecule is CCCCCCCCCCCCCCCCCCOc1ccc(C(=O)Oc2ccc(C=Nc3ccc(-c4nc5ccc(OCCCCCCCCCCCCCC)cc5o4)cc3)c(O)c2)cc1. The molecule has 1 N–H and O–H groups in total. The molecule has 8 heteroatoms. The van der Waals surface area contributed by atoms with Crippen molar-refractivity contribution in [1.82, 2.24) is 4.98 Å². The number of aromatic hydroxyl groups is 1. The maximum Gasteiger partial charge on any atom is 0.343 e. The van der Waals surface area contributed by atoms with Crippen LogP contribution in [-0.4, -0.2) is 35.5 Å². The maximum atomic E-state index is 12.9. The summed E-state index contributed by atoms with van der Waals surface area (Å²) in [6.07, 6.45) is 38.9. The van der Waals surface area contributed by atoms with Gasteiger partial charge in [-0.15, -0.1) is 0 Å². The molecule has 1 aromatic heterocycles. The van der Waals surface area contributed by atoms with E-state index < -0.39 is 5.97 Å². The van der Waals surface area contributed by atoms with Crippen LogP contribution < -0.4 is 14.2 Å². The molecule has 0 saturated carbocycles. The minimum absolute atomic E-state index is 0.0487. The van der Waals surface area contributed by atoms with Gasteiger partial charge in [0.1, 0.15) is 28.5 Å². The Labute approximate surface area is 403 Å². The number of nitrogens with zero attached hydrogens (tertiary/aromatic N) is 2. The van der Waals surface area contributed by atoms with Crippen LogP contribution in [0.5, 0.6) is 23.0 Å². The van der Waals surface area contributed by atoms with Crippen LogP contribution in [0.25, 0.3) is 22.6 Å². The lowest BCUT2D eigenvalue weighted by molar-refractivity contribution is 0.0734. The number of hydrogen-bond acceptors (Lipinski definition) is 8. The molecule has 0 aliphatic rings. The molecule has 0 aliphatic heterocycles. The topological polar surface area (TPSA) is 103 Å². The van der Waals surface area contributed by atoms with E-state index in [4.69, 9.17) is 18.6 Å². The predicted molar refractivity (Wildman–Crippen MR) is 278 cm³/mol. The van der Waals surface area contributed by atoms with Gasteiger partial charge in [-0.25, -0.2) is 9.78 Å². The number of aliphatic imine (C=N–C) groups is 1. The Kier molecular flexibility index (Phi) is 25.7. The molecular weight excluding hydrogens is 833 g/mol. The minimum atomic E-state index is -0.511. The van der Waals surface area contributed by atoms with E-state index in [-0.39, 0.29) is 11.5 Å². The van der Waals surface area contributed by atoms with Gasteiger partial charge in [-0.2, -0.15) is 0 Å². The lowest BCUT2D eigenvalue weighted by Gasteiger charge is -2.08. The van der Waals surface area contributed by atoms with Crippen molar-refractivity contribution in [1.29, 1.82) is 0 Å². The van der Waals surface area contributed by atoms with E-state index in [0.717, 1.165) is 35.4 Å². The summed E-state index contributed by atoms with van der Waals surface area (Å²) in [6.45, 7) is 5.92. The molecule has 8 nitrogen and oxygen atoms in total. The number of ether oxygens (including phenoxy) is 3. The number of esters is 1. The largest absolute Gasteiger partial charge is 0.507 e. The maximum absolute atomic E-state index is 12.9. The lowest BCUT2D eigenvalue weighted by atomic mass is 10.0. The third-order valence-electron chi connectivity index (χ3n) is 12.7. The first kappa shape index (κ1) is 52.9. The molecule has 0 fully saturated rings. The fraction of sp³-hybridized carbons (Fsp3) is 0.542. The third kappa shape index (κ3) is 21.2. The normalized spacial score (nSPS) is 11.5. The Morgan fingerprint density at radius 1 is 0.537 bits per heavy atom. The molecule has 0 atom stereocenters. The summed E-state index contributed by atoms with van der Waals surface area (Å²) in [5, 5.41) is 10.7. The Bertz CT molecular complexity index is 2110. The van der Waals surface area contributed by atoms with Gasteiger partial charge < -0.3 is 23.7 Å². The highest BCUT2D eigenvalue weighted by Crippen LogP contribution is 2.30. The molecule has 67 heavy (non-hydrogen) atoms. The number of unbranched alkanes of at least 4 members (excludes halogenated alkanes) is 26. The number of phenolic OH excluding ortho intramolecular Hbond substituents is 1. The minimum Gasteiger partial charge on any atom is -0.507 e. The molecule has 0 aliphatic carbocycles. The highest BCUT2D eigenvalue weighted by Gasteiger charge is 2.12. The van der Waals surface area contributed by atoms with Crippen LogP contribution >= 0.6 is 0 Å². The molecule has 0 amide bonds. The molecule has 0 bridgehead atoms. The van der Waals surface area contributed by atoms with Crippen LogP contribution in [-0.2, 0) is 0 Å². The Morgan fingerprint density at radius 3 is 1.51 bits per heavy atom. The summed E-state index contributed by atoms with van der Waals surface area (Å²) in [5.74, 6) is 1.74. The van der Waals surface area contributed by atoms with Crippen molar-refractivity contribution in [2.75, 3.05) is 13.2 Å². The quantitative estimate of drug-likeness (QED) is 0.0183. The smallest absolute Gasteiger partial charge is 0.343 e. The molecule has 1 heterocycles. The van der Waals surface area contributed by atoms with Crippen molar-refractivity contribution >= 4 is 29.0 Å². The van der Waals surface area contributed by atoms with Crippen molar-refractivity contribution in [3.8, 4) is 34.5 Å². The fourth-order valence-electron chi connectivity index (χ4n) is 8.47. The molecule has 5 aromatic rings. The van der Waals surface area contributed by atoms with E-state index in [2.05, 4.69) is 23.8 Å². The number of carbonyl (C=O) groups excluding carboxylic acids is 1. The van der Waals surface area contributed by atoms with E-state index in [9.17, 15) is 9.90 Å². The Morgan fingerprint density at radius 2 is 1.00 bits per heavy atom. The second-order valence-electron chi connectivity index (χ2n) is 18.5. The van der Waals surface area contributed by atoms with Crippen LogP contribution in [0.1, 0.15) is 210 Å². The van der Waals surface area contributed by atoms with Crippen molar-refractivity contribution in [2.24, 2.45) is 4.99 Å². The van der Waals surface area contributed by atoms with Gasteiger partial charge in [-0.1, -0.05) is 181 Å². The number of hydrogen-bond donors (Lipinski definition) is 1. The van der Waals surface area contributed by atoms with Crippen molar-refractivity contribution in [2.45, 2.75) is 194 Å². The number of phenols is 1. The number of benzene rings is 4. The summed E-state index contributed by atoms with van der Waals surface area (Å²) in [7, 11) is 0. The monoisotopic (exact) mass is 915 g/mol. The highest BCUT2D eigenvalue weighted by atomic mass is 16.5. The van der Waals surface area contributed by atoms with E-state index in [1.54, 1.807) is 42.6 Å². The zero-order valence-electron chi connectivity index (χ0n) is 41.3. The number of oxazole rings is 1. The van der Waals surface area contributed by atoms with Crippen molar-refractivity contribution in [3.63, 3.8) is 0 Å². The summed E-state index contributed by atoms with van der Waals surface area (Å²) in [5.41, 5.74) is 3.88. The zero-order chi connectivity index (χ0) is 47.0. The second-order valence-corrected chi connectivity index (χ2v) is 18.5. The van der Waals surface area contributed by atoms with E-state index in [1.807, 2.05) is 42.5 Å². The number of aromatic nitrogens is 1. The summed E-state index contributed by atoms with van der Waals surface area (Å²) >= 11 is 0. The Balaban J connectivity index is 0.933. The molecule has 4 aromatic carbocycles. The average molecular weight is 915 g/mol. The number of rotatable bonds is 37. The molecule has 0 spiro atoms. The molecule has 0 saturated heterocycles. The van der Waals surface area contributed by atoms with Crippen LogP contribution in [0, 0.1) is 0 Å². The first-order valence-electron chi connectivity index (χ1n) is 26.5. The fourth-order valence-corrected chi connectivity index (χ4v) is 8.47. The third-order valence-corrected chi connectivity index (χ3v) is 12.7. The van der Waals surface area contributed by atoms with E-state index in [1.165, 1.54) is 173 Å². The van der Waals surface area contributed by atoms with E-state index >= 15 is 0 Å². The zero-order valence-corrected chi connectivity index (χ0v) is 41.3. The van der Waals surface area contributed by atoms with Gasteiger partial charge in [0.25, 0.3) is 0 Å². The highest BCUT2D eigenvalue weighted by molar-refractivity contribution is 5.91. The van der Waals surface area contributed by atoms with Crippen LogP contribution in [0.3, 0.4) is 0 Å². The van der Waals surface area contributed by atoms with Gasteiger partial charge in [-0.05, 0) is 85.6 Å². The molecule has 0 unspecified atom stereocenters. The predicted octanol–water partition coefficient (Wildman–Crippen LogP) is 17.9. The lowest BCUT2D eigenvalue weighted by Crippen LogP contribution is -2.08.